The van der Waals surface area contributed by atoms with Crippen molar-refractivity contribution in [2.24, 2.45) is 0 Å². The number of benzene rings is 2. The molecular weight excluding hydrogens is 535 g/mol. The fourth-order valence-electron chi connectivity index (χ4n) is 5.14. The number of amides is 2. The minimum Gasteiger partial charge on any atom is -0.406 e. The van der Waals surface area contributed by atoms with Crippen LogP contribution in [0.25, 0.3) is 0 Å². The van der Waals surface area contributed by atoms with E-state index < -0.39 is 12.4 Å². The lowest BCUT2D eigenvalue weighted by atomic mass is 9.97. The van der Waals surface area contributed by atoms with Crippen LogP contribution in [0.3, 0.4) is 0 Å². The average Bonchev–Trinajstić information content (AvgIpc) is 3.25. The first-order valence-electron chi connectivity index (χ1n) is 12.2. The van der Waals surface area contributed by atoms with Gasteiger partial charge in [-0.25, -0.2) is 0 Å². The second-order valence-corrected chi connectivity index (χ2v) is 9.99. The van der Waals surface area contributed by atoms with E-state index in [1.807, 2.05) is 13.0 Å². The highest BCUT2D eigenvalue weighted by molar-refractivity contribution is 6.31. The smallest absolute Gasteiger partial charge is 0.406 e. The fraction of sp³-hybridized carbons (Fsp3) is 0.333. The number of carbonyl (C=O) groups is 2. The van der Waals surface area contributed by atoms with Gasteiger partial charge in [0.05, 0.1) is 35.4 Å². The van der Waals surface area contributed by atoms with Crippen molar-refractivity contribution in [3.05, 3.63) is 81.1 Å². The number of ether oxygens (including phenoxy) is 1. The van der Waals surface area contributed by atoms with Gasteiger partial charge in [0.25, 0.3) is 11.8 Å². The maximum absolute atomic E-state index is 13.7. The van der Waals surface area contributed by atoms with Crippen LogP contribution in [0.1, 0.15) is 63.1 Å². The van der Waals surface area contributed by atoms with Gasteiger partial charge in [-0.1, -0.05) is 23.7 Å². The van der Waals surface area contributed by atoms with Gasteiger partial charge in [0.15, 0.2) is 0 Å². The van der Waals surface area contributed by atoms with Crippen LogP contribution in [-0.4, -0.2) is 50.3 Å². The van der Waals surface area contributed by atoms with Crippen molar-refractivity contribution in [3.63, 3.8) is 0 Å². The molecule has 0 saturated heterocycles. The van der Waals surface area contributed by atoms with Crippen molar-refractivity contribution in [2.75, 3.05) is 6.54 Å². The number of rotatable bonds is 4. The molecule has 2 aromatic carbocycles. The first kappa shape index (κ1) is 26.6. The Labute approximate surface area is 227 Å². The van der Waals surface area contributed by atoms with Gasteiger partial charge in [-0.15, -0.1) is 13.2 Å². The van der Waals surface area contributed by atoms with E-state index in [1.165, 1.54) is 30.3 Å². The normalized spacial score (nSPS) is 17.8. The zero-order valence-corrected chi connectivity index (χ0v) is 21.8. The molecule has 202 valence electrons. The highest BCUT2D eigenvalue weighted by Gasteiger charge is 2.39. The Bertz CT molecular complexity index is 1510. The standard InChI is InChI=1S/C27H23ClF3N5O3/c1-15-10-23-21(14-35(15)25(37)18-6-7-22(28)19(11-18)13-32)24-26(38)34(8-9-36(24)33-23)16(2)17-4-3-5-20(12-17)39-27(29,30)31/h3-7,11-12,15-16H,8-10,14H2,1-2H3/t15-,16-/m1/s1. The number of alkyl halides is 3. The molecule has 0 radical (unpaired) electrons. The molecule has 0 fully saturated rings. The van der Waals surface area contributed by atoms with Gasteiger partial charge in [0, 0.05) is 30.1 Å². The topological polar surface area (TPSA) is 91.5 Å². The van der Waals surface area contributed by atoms with Gasteiger partial charge in [-0.3, -0.25) is 14.3 Å². The lowest BCUT2D eigenvalue weighted by molar-refractivity contribution is -0.274. The Hall–Kier alpha value is -4.04. The van der Waals surface area contributed by atoms with Crippen molar-refractivity contribution in [2.45, 2.75) is 51.8 Å². The fourth-order valence-corrected chi connectivity index (χ4v) is 5.30. The third-order valence-electron chi connectivity index (χ3n) is 7.14. The van der Waals surface area contributed by atoms with Crippen molar-refractivity contribution < 1.29 is 27.5 Å². The summed E-state index contributed by atoms with van der Waals surface area (Å²) in [6, 6.07) is 11.3. The first-order chi connectivity index (χ1) is 18.5. The van der Waals surface area contributed by atoms with Crippen LogP contribution >= 0.6 is 11.6 Å². The second kappa shape index (κ2) is 9.93. The van der Waals surface area contributed by atoms with Gasteiger partial charge < -0.3 is 14.5 Å². The van der Waals surface area contributed by atoms with Gasteiger partial charge in [0.1, 0.15) is 17.5 Å². The number of nitrogens with zero attached hydrogens (tertiary/aromatic N) is 5. The van der Waals surface area contributed by atoms with Crippen molar-refractivity contribution >= 4 is 23.4 Å². The molecule has 39 heavy (non-hydrogen) atoms. The van der Waals surface area contributed by atoms with Crippen LogP contribution in [0.4, 0.5) is 13.2 Å². The largest absolute Gasteiger partial charge is 0.573 e. The Balaban J connectivity index is 1.42. The summed E-state index contributed by atoms with van der Waals surface area (Å²) in [5.74, 6) is -0.968. The number of aromatic nitrogens is 2. The van der Waals surface area contributed by atoms with E-state index in [0.29, 0.717) is 41.9 Å². The summed E-state index contributed by atoms with van der Waals surface area (Å²) in [4.78, 5) is 30.4. The summed E-state index contributed by atoms with van der Waals surface area (Å²) >= 11 is 6.03. The number of hydrogen-bond donors (Lipinski definition) is 0. The van der Waals surface area contributed by atoms with Gasteiger partial charge >= 0.3 is 6.36 Å². The molecule has 2 atom stereocenters. The van der Waals surface area contributed by atoms with E-state index in [-0.39, 0.29) is 40.7 Å². The summed E-state index contributed by atoms with van der Waals surface area (Å²) in [6.07, 6.45) is -4.38. The molecule has 5 rings (SSSR count). The molecule has 3 heterocycles. The van der Waals surface area contributed by atoms with Crippen LogP contribution < -0.4 is 4.74 Å². The highest BCUT2D eigenvalue weighted by atomic mass is 35.5. The van der Waals surface area contributed by atoms with Gasteiger partial charge in [0.2, 0.25) is 0 Å². The van der Waals surface area contributed by atoms with Crippen LogP contribution in [0.15, 0.2) is 42.5 Å². The SMILES string of the molecule is C[C@@H]1Cc2nn3c(c2CN1C(=O)c1ccc(Cl)c(C#N)c1)C(=O)N([C@H](C)c1cccc(OC(F)(F)F)c1)CC3. The zero-order valence-electron chi connectivity index (χ0n) is 21.0. The first-order valence-corrected chi connectivity index (χ1v) is 12.6. The Kier molecular flexibility index (Phi) is 6.76. The third-order valence-corrected chi connectivity index (χ3v) is 7.46. The molecule has 0 unspecified atom stereocenters. The van der Waals surface area contributed by atoms with Crippen LogP contribution in [0.5, 0.6) is 5.75 Å². The van der Waals surface area contributed by atoms with Crippen LogP contribution in [0.2, 0.25) is 5.02 Å². The Morgan fingerprint density at radius 1 is 1.23 bits per heavy atom. The third kappa shape index (κ3) is 5.04. The molecule has 12 heteroatoms. The van der Waals surface area contributed by atoms with Gasteiger partial charge in [-0.2, -0.15) is 10.4 Å². The summed E-state index contributed by atoms with van der Waals surface area (Å²) < 4.78 is 43.8. The van der Waals surface area contributed by atoms with Crippen molar-refractivity contribution in [1.29, 1.82) is 5.26 Å². The molecule has 8 nitrogen and oxygen atoms in total. The predicted molar refractivity (Wildman–Crippen MR) is 134 cm³/mol. The molecule has 2 aliphatic heterocycles. The van der Waals surface area contributed by atoms with Crippen LogP contribution in [-0.2, 0) is 19.5 Å². The Morgan fingerprint density at radius 2 is 2.00 bits per heavy atom. The van der Waals surface area contributed by atoms with Crippen molar-refractivity contribution in [1.82, 2.24) is 19.6 Å². The number of hydrogen-bond acceptors (Lipinski definition) is 5. The molecule has 0 saturated carbocycles. The quantitative estimate of drug-likeness (QED) is 0.444. The van der Waals surface area contributed by atoms with Crippen molar-refractivity contribution in [3.8, 4) is 11.8 Å². The van der Waals surface area contributed by atoms with Gasteiger partial charge in [-0.05, 0) is 49.7 Å². The minimum absolute atomic E-state index is 0.151. The lowest BCUT2D eigenvalue weighted by Crippen LogP contribution is -2.44. The summed E-state index contributed by atoms with van der Waals surface area (Å²) in [6.45, 7) is 4.51. The van der Waals surface area contributed by atoms with E-state index in [2.05, 4.69) is 9.84 Å². The number of carbonyl (C=O) groups excluding carboxylic acids is 2. The van der Waals surface area contributed by atoms with E-state index in [1.54, 1.807) is 33.5 Å². The number of nitriles is 1. The van der Waals surface area contributed by atoms with E-state index in [0.717, 1.165) is 5.69 Å². The molecular formula is C27H23ClF3N5O3. The van der Waals surface area contributed by atoms with E-state index >= 15 is 0 Å². The number of fused-ring (bicyclic) bond motifs is 3. The molecule has 3 aromatic rings. The molecule has 0 N–H and O–H groups in total. The predicted octanol–water partition coefficient (Wildman–Crippen LogP) is 5.11. The Morgan fingerprint density at radius 3 is 2.72 bits per heavy atom. The summed E-state index contributed by atoms with van der Waals surface area (Å²) in [5, 5.41) is 14.2. The highest BCUT2D eigenvalue weighted by Crippen LogP contribution is 2.34. The molecule has 2 amide bonds. The minimum atomic E-state index is -4.82. The maximum Gasteiger partial charge on any atom is 0.573 e. The zero-order chi connectivity index (χ0) is 28.1. The lowest BCUT2D eigenvalue weighted by Gasteiger charge is -2.35. The summed E-state index contributed by atoms with van der Waals surface area (Å²) in [7, 11) is 0. The molecule has 2 aliphatic rings. The summed E-state index contributed by atoms with van der Waals surface area (Å²) in [5.41, 5.74) is 2.75. The monoisotopic (exact) mass is 557 g/mol. The molecule has 0 aliphatic carbocycles. The van der Waals surface area contributed by atoms with E-state index in [9.17, 15) is 28.0 Å². The maximum atomic E-state index is 13.7. The number of halogens is 4. The second-order valence-electron chi connectivity index (χ2n) is 9.58. The molecule has 0 spiro atoms. The molecule has 1 aromatic heterocycles. The average molecular weight is 558 g/mol. The van der Waals surface area contributed by atoms with E-state index in [4.69, 9.17) is 11.6 Å². The molecule has 0 bridgehead atoms. The van der Waals surface area contributed by atoms with Crippen LogP contribution in [0, 0.1) is 11.3 Å².